The summed E-state index contributed by atoms with van der Waals surface area (Å²) in [5.74, 6) is 1.05. The van der Waals surface area contributed by atoms with Crippen LogP contribution in [0.25, 0.3) is 0 Å². The third-order valence-electron chi connectivity index (χ3n) is 4.67. The lowest BCUT2D eigenvalue weighted by Crippen LogP contribution is -2.45. The van der Waals surface area contributed by atoms with Gasteiger partial charge < -0.3 is 10.1 Å². The summed E-state index contributed by atoms with van der Waals surface area (Å²) in [7, 11) is 0. The summed E-state index contributed by atoms with van der Waals surface area (Å²) in [6.45, 7) is -0.0796. The van der Waals surface area contributed by atoms with Crippen molar-refractivity contribution >= 4 is 28.9 Å². The topological polar surface area (TPSA) is 62.4 Å². The van der Waals surface area contributed by atoms with Crippen LogP contribution < -0.4 is 20.9 Å². The number of rotatable bonds is 5. The Balaban J connectivity index is 1.38. The fourth-order valence-corrected chi connectivity index (χ4v) is 3.44. The highest BCUT2D eigenvalue weighted by Gasteiger charge is 2.15. The SMILES string of the molecule is O=C(COc1ccc(C2CCCCC2)cc1)NNC(=S)Nc1ccccc1. The standard InChI is InChI=1S/C21H25N3O2S/c25-20(23-24-21(27)22-18-9-5-2-6-10-18)15-26-19-13-11-17(12-14-19)16-7-3-1-4-8-16/h2,5-6,9-14,16H,1,3-4,7-8,15H2,(H,23,25)(H2,22,24,27). The number of hydrazine groups is 1. The molecular weight excluding hydrogens is 358 g/mol. The van der Waals surface area contributed by atoms with Crippen molar-refractivity contribution in [3.63, 3.8) is 0 Å². The van der Waals surface area contributed by atoms with Gasteiger partial charge in [0.05, 0.1) is 0 Å². The molecule has 142 valence electrons. The quantitative estimate of drug-likeness (QED) is 0.535. The van der Waals surface area contributed by atoms with E-state index in [2.05, 4.69) is 28.3 Å². The van der Waals surface area contributed by atoms with Crippen molar-refractivity contribution in [1.82, 2.24) is 10.9 Å². The second-order valence-corrected chi connectivity index (χ2v) is 7.09. The third kappa shape index (κ3) is 6.25. The van der Waals surface area contributed by atoms with E-state index < -0.39 is 0 Å². The van der Waals surface area contributed by atoms with Gasteiger partial charge in [0.25, 0.3) is 5.91 Å². The van der Waals surface area contributed by atoms with Crippen LogP contribution in [-0.4, -0.2) is 17.6 Å². The summed E-state index contributed by atoms with van der Waals surface area (Å²) < 4.78 is 5.54. The van der Waals surface area contributed by atoms with E-state index in [0.717, 1.165) is 5.69 Å². The van der Waals surface area contributed by atoms with Gasteiger partial charge in [-0.2, -0.15) is 0 Å². The molecule has 2 aromatic carbocycles. The largest absolute Gasteiger partial charge is 0.484 e. The molecule has 6 heteroatoms. The van der Waals surface area contributed by atoms with Crippen LogP contribution in [0.15, 0.2) is 54.6 Å². The minimum absolute atomic E-state index is 0.0796. The summed E-state index contributed by atoms with van der Waals surface area (Å²) in [6.07, 6.45) is 6.52. The van der Waals surface area contributed by atoms with E-state index in [4.69, 9.17) is 17.0 Å². The molecule has 0 spiro atoms. The van der Waals surface area contributed by atoms with Crippen molar-refractivity contribution in [3.8, 4) is 5.75 Å². The zero-order valence-electron chi connectivity index (χ0n) is 15.2. The Morgan fingerprint density at radius 2 is 1.67 bits per heavy atom. The second-order valence-electron chi connectivity index (χ2n) is 6.69. The smallest absolute Gasteiger partial charge is 0.276 e. The van der Waals surface area contributed by atoms with Gasteiger partial charge in [0.1, 0.15) is 5.75 Å². The van der Waals surface area contributed by atoms with Gasteiger partial charge in [0.2, 0.25) is 0 Å². The van der Waals surface area contributed by atoms with Crippen molar-refractivity contribution in [1.29, 1.82) is 0 Å². The van der Waals surface area contributed by atoms with Crippen LogP contribution in [0.5, 0.6) is 5.75 Å². The number of carbonyl (C=O) groups excluding carboxylic acids is 1. The molecule has 0 radical (unpaired) electrons. The molecule has 0 saturated heterocycles. The Kier molecular flexibility index (Phi) is 7.04. The van der Waals surface area contributed by atoms with Crippen molar-refractivity contribution in [2.45, 2.75) is 38.0 Å². The van der Waals surface area contributed by atoms with E-state index in [1.165, 1.54) is 37.7 Å². The number of thiocarbonyl (C=S) groups is 1. The van der Waals surface area contributed by atoms with Gasteiger partial charge in [-0.15, -0.1) is 0 Å². The van der Waals surface area contributed by atoms with Crippen LogP contribution in [0.2, 0.25) is 0 Å². The molecule has 1 aliphatic rings. The summed E-state index contributed by atoms with van der Waals surface area (Å²) in [4.78, 5) is 11.9. The summed E-state index contributed by atoms with van der Waals surface area (Å²) in [6, 6.07) is 17.6. The lowest BCUT2D eigenvalue weighted by atomic mass is 9.84. The number of amides is 1. The highest BCUT2D eigenvalue weighted by molar-refractivity contribution is 7.80. The molecule has 1 amide bonds. The number of hydrogen-bond acceptors (Lipinski definition) is 3. The molecular formula is C21H25N3O2S. The predicted molar refractivity (Wildman–Crippen MR) is 112 cm³/mol. The normalized spacial score (nSPS) is 14.2. The molecule has 0 bridgehead atoms. The van der Waals surface area contributed by atoms with E-state index in [9.17, 15) is 4.79 Å². The Morgan fingerprint density at radius 1 is 0.963 bits per heavy atom. The van der Waals surface area contributed by atoms with Crippen molar-refractivity contribution < 1.29 is 9.53 Å². The van der Waals surface area contributed by atoms with Crippen LogP contribution in [0.1, 0.15) is 43.6 Å². The van der Waals surface area contributed by atoms with Crippen LogP contribution >= 0.6 is 12.2 Å². The zero-order chi connectivity index (χ0) is 18.9. The monoisotopic (exact) mass is 383 g/mol. The highest BCUT2D eigenvalue weighted by Crippen LogP contribution is 2.33. The molecule has 5 nitrogen and oxygen atoms in total. The average Bonchev–Trinajstić information content (AvgIpc) is 2.72. The van der Waals surface area contributed by atoms with E-state index >= 15 is 0 Å². The Hall–Kier alpha value is -2.60. The number of anilines is 1. The van der Waals surface area contributed by atoms with E-state index in [0.29, 0.717) is 16.8 Å². The first-order chi connectivity index (χ1) is 13.2. The number of hydrogen-bond donors (Lipinski definition) is 3. The van der Waals surface area contributed by atoms with Crippen LogP contribution in [0, 0.1) is 0 Å². The predicted octanol–water partition coefficient (Wildman–Crippen LogP) is 4.13. The maximum absolute atomic E-state index is 11.9. The van der Waals surface area contributed by atoms with Gasteiger partial charge in [0, 0.05) is 5.69 Å². The molecule has 1 aliphatic carbocycles. The van der Waals surface area contributed by atoms with E-state index in [-0.39, 0.29) is 12.5 Å². The maximum Gasteiger partial charge on any atom is 0.276 e. The molecule has 0 atom stereocenters. The van der Waals surface area contributed by atoms with Crippen LogP contribution in [-0.2, 0) is 4.79 Å². The molecule has 1 saturated carbocycles. The minimum Gasteiger partial charge on any atom is -0.484 e. The fourth-order valence-electron chi connectivity index (χ4n) is 3.27. The average molecular weight is 384 g/mol. The van der Waals surface area contributed by atoms with Gasteiger partial charge in [-0.25, -0.2) is 0 Å². The van der Waals surface area contributed by atoms with Crippen LogP contribution in [0.4, 0.5) is 5.69 Å². The number of ether oxygens (including phenoxy) is 1. The van der Waals surface area contributed by atoms with Crippen LogP contribution in [0.3, 0.4) is 0 Å². The number of para-hydroxylation sites is 1. The van der Waals surface area contributed by atoms with Crippen molar-refractivity contribution in [3.05, 3.63) is 60.2 Å². The van der Waals surface area contributed by atoms with Gasteiger partial charge in [-0.3, -0.25) is 15.6 Å². The Morgan fingerprint density at radius 3 is 2.37 bits per heavy atom. The number of carbonyl (C=O) groups is 1. The number of benzene rings is 2. The summed E-state index contributed by atoms with van der Waals surface area (Å²) >= 11 is 5.13. The molecule has 1 fully saturated rings. The maximum atomic E-state index is 11.9. The van der Waals surface area contributed by atoms with Gasteiger partial charge >= 0.3 is 0 Å². The lowest BCUT2D eigenvalue weighted by molar-refractivity contribution is -0.123. The summed E-state index contributed by atoms with van der Waals surface area (Å²) in [5, 5.41) is 3.28. The summed E-state index contributed by atoms with van der Waals surface area (Å²) in [5.41, 5.74) is 7.39. The third-order valence-corrected chi connectivity index (χ3v) is 4.88. The molecule has 27 heavy (non-hydrogen) atoms. The molecule has 2 aromatic rings. The first-order valence-corrected chi connectivity index (χ1v) is 9.75. The molecule has 0 aliphatic heterocycles. The zero-order valence-corrected chi connectivity index (χ0v) is 16.1. The van der Waals surface area contributed by atoms with Crippen molar-refractivity contribution in [2.75, 3.05) is 11.9 Å². The first kappa shape index (κ1) is 19.2. The van der Waals surface area contributed by atoms with Gasteiger partial charge in [-0.1, -0.05) is 49.6 Å². The van der Waals surface area contributed by atoms with Gasteiger partial charge in [0.15, 0.2) is 11.7 Å². The first-order valence-electron chi connectivity index (χ1n) is 9.34. The van der Waals surface area contributed by atoms with E-state index in [1.807, 2.05) is 42.5 Å². The number of nitrogens with one attached hydrogen (secondary N) is 3. The molecule has 0 unspecified atom stereocenters. The van der Waals surface area contributed by atoms with Gasteiger partial charge in [-0.05, 0) is 60.8 Å². The lowest BCUT2D eigenvalue weighted by Gasteiger charge is -2.22. The minimum atomic E-state index is -0.302. The Labute approximate surface area is 165 Å². The highest BCUT2D eigenvalue weighted by atomic mass is 32.1. The molecule has 3 N–H and O–H groups in total. The molecule has 0 heterocycles. The fraction of sp³-hybridized carbons (Fsp3) is 0.333. The molecule has 3 rings (SSSR count). The molecule has 0 aromatic heterocycles. The second kappa shape index (κ2) is 9.92. The Bertz CT molecular complexity index is 744. The van der Waals surface area contributed by atoms with E-state index in [1.54, 1.807) is 0 Å². The van der Waals surface area contributed by atoms with Crippen molar-refractivity contribution in [2.24, 2.45) is 0 Å².